The van der Waals surface area contributed by atoms with Crippen LogP contribution in [0.3, 0.4) is 0 Å². The summed E-state index contributed by atoms with van der Waals surface area (Å²) >= 11 is 0. The van der Waals surface area contributed by atoms with Crippen LogP contribution in [0.2, 0.25) is 0 Å². The summed E-state index contributed by atoms with van der Waals surface area (Å²) in [4.78, 5) is 16.6. The molecule has 0 aliphatic carbocycles. The molecule has 5 nitrogen and oxygen atoms in total. The van der Waals surface area contributed by atoms with Crippen LogP contribution in [-0.2, 0) is 11.0 Å². The van der Waals surface area contributed by atoms with E-state index >= 15 is 0 Å². The summed E-state index contributed by atoms with van der Waals surface area (Å²) in [5.41, 5.74) is 0.713. The third-order valence-electron chi connectivity index (χ3n) is 4.97. The number of rotatable bonds is 5. The lowest BCUT2D eigenvalue weighted by molar-refractivity contribution is -0.137. The molecular formula is C22H24F3N3O2. The number of methoxy groups -OCH3 is 1. The molecule has 1 fully saturated rings. The normalized spacial score (nSPS) is 15.4. The van der Waals surface area contributed by atoms with Gasteiger partial charge in [-0.1, -0.05) is 12.1 Å². The smallest absolute Gasteiger partial charge is 0.416 e. The highest BCUT2D eigenvalue weighted by Gasteiger charge is 2.32. The van der Waals surface area contributed by atoms with Gasteiger partial charge in [-0.05, 0) is 49.0 Å². The van der Waals surface area contributed by atoms with E-state index < -0.39 is 17.6 Å². The zero-order valence-corrected chi connectivity index (χ0v) is 16.9. The van der Waals surface area contributed by atoms with Crippen molar-refractivity contribution in [1.82, 2.24) is 4.90 Å². The lowest BCUT2D eigenvalue weighted by Crippen LogP contribution is -2.44. The molecule has 2 aromatic rings. The van der Waals surface area contributed by atoms with Crippen molar-refractivity contribution < 1.29 is 22.7 Å². The zero-order chi connectivity index (χ0) is 21.7. The predicted molar refractivity (Wildman–Crippen MR) is 112 cm³/mol. The van der Waals surface area contributed by atoms with Crippen LogP contribution >= 0.6 is 0 Å². The van der Waals surface area contributed by atoms with Gasteiger partial charge in [-0.15, -0.1) is 0 Å². The fourth-order valence-electron chi connectivity index (χ4n) is 3.20. The maximum Gasteiger partial charge on any atom is 0.416 e. The molecule has 0 spiro atoms. The lowest BCUT2D eigenvalue weighted by atomic mass is 10.1. The third-order valence-corrected chi connectivity index (χ3v) is 4.97. The van der Waals surface area contributed by atoms with Crippen LogP contribution in [0, 0.1) is 0 Å². The number of ether oxygens (including phenoxy) is 1. The molecule has 160 valence electrons. The minimum atomic E-state index is -4.49. The van der Waals surface area contributed by atoms with Gasteiger partial charge >= 0.3 is 6.18 Å². The Balaban J connectivity index is 1.80. The van der Waals surface area contributed by atoms with E-state index in [0.29, 0.717) is 24.5 Å². The van der Waals surface area contributed by atoms with Gasteiger partial charge < -0.3 is 19.9 Å². The molecule has 1 saturated heterocycles. The lowest BCUT2D eigenvalue weighted by Gasteiger charge is -2.35. The predicted octanol–water partition coefficient (Wildman–Crippen LogP) is 4.12. The van der Waals surface area contributed by atoms with E-state index in [9.17, 15) is 18.0 Å². The largest absolute Gasteiger partial charge is 0.497 e. The van der Waals surface area contributed by atoms with Crippen LogP contribution in [0.1, 0.15) is 11.1 Å². The van der Waals surface area contributed by atoms with Crippen molar-refractivity contribution in [2.45, 2.75) is 6.18 Å². The summed E-state index contributed by atoms with van der Waals surface area (Å²) in [5.74, 6) is 0.193. The molecule has 0 aromatic heterocycles. The molecule has 2 aromatic carbocycles. The summed E-state index contributed by atoms with van der Waals surface area (Å²) in [6.07, 6.45) is -1.59. The number of benzene rings is 2. The number of hydrogen-bond acceptors (Lipinski definition) is 4. The summed E-state index contributed by atoms with van der Waals surface area (Å²) in [5, 5.41) is 2.62. The van der Waals surface area contributed by atoms with Gasteiger partial charge in [0.2, 0.25) is 5.91 Å². The van der Waals surface area contributed by atoms with Crippen LogP contribution in [-0.4, -0.2) is 51.1 Å². The fraction of sp³-hybridized carbons (Fsp3) is 0.318. The molecule has 1 aliphatic rings. The Labute approximate surface area is 173 Å². The van der Waals surface area contributed by atoms with Crippen molar-refractivity contribution in [2.75, 3.05) is 50.6 Å². The standard InChI is InChI=1S/C22H24F3N3O2/c1-27-11-13-28(14-12-27)20-9-6-17(22(23,24)25)15-19(20)26-21(29)10-5-16-3-7-18(30-2)8-4-16/h3-10,15H,11-14H2,1-2H3,(H,26,29)/b10-5-. The molecule has 3 rings (SSSR count). The maximum atomic E-state index is 13.2. The first-order valence-corrected chi connectivity index (χ1v) is 9.54. The molecule has 1 N–H and O–H groups in total. The molecular weight excluding hydrogens is 395 g/mol. The third kappa shape index (κ3) is 5.54. The van der Waals surface area contributed by atoms with Crippen molar-refractivity contribution in [3.63, 3.8) is 0 Å². The number of nitrogens with one attached hydrogen (secondary N) is 1. The van der Waals surface area contributed by atoms with Gasteiger partial charge in [-0.2, -0.15) is 13.2 Å². The van der Waals surface area contributed by atoms with Gasteiger partial charge in [0.25, 0.3) is 0 Å². The average molecular weight is 419 g/mol. The number of alkyl halides is 3. The number of anilines is 2. The van der Waals surface area contributed by atoms with Gasteiger partial charge in [-0.25, -0.2) is 0 Å². The van der Waals surface area contributed by atoms with Gasteiger partial charge in [0, 0.05) is 32.3 Å². The van der Waals surface area contributed by atoms with Crippen LogP contribution in [0.25, 0.3) is 6.08 Å². The molecule has 30 heavy (non-hydrogen) atoms. The number of likely N-dealkylation sites (N-methyl/N-ethyl adjacent to an activating group) is 1. The Bertz CT molecular complexity index is 903. The van der Waals surface area contributed by atoms with Crippen LogP contribution in [0.4, 0.5) is 24.5 Å². The first kappa shape index (κ1) is 21.7. The molecule has 0 saturated carbocycles. The number of amides is 1. The van der Waals surface area contributed by atoms with Crippen molar-refractivity contribution >= 4 is 23.4 Å². The van der Waals surface area contributed by atoms with Gasteiger partial charge in [-0.3, -0.25) is 4.79 Å². The molecule has 0 radical (unpaired) electrons. The minimum absolute atomic E-state index is 0.152. The number of carbonyl (C=O) groups excluding carboxylic acids is 1. The molecule has 1 heterocycles. The Morgan fingerprint density at radius 2 is 1.73 bits per heavy atom. The highest BCUT2D eigenvalue weighted by atomic mass is 19.4. The first-order valence-electron chi connectivity index (χ1n) is 9.54. The second kappa shape index (κ2) is 9.21. The van der Waals surface area contributed by atoms with Gasteiger partial charge in [0.15, 0.2) is 0 Å². The molecule has 0 unspecified atom stereocenters. The van der Waals surface area contributed by atoms with E-state index in [0.717, 1.165) is 30.8 Å². The summed E-state index contributed by atoms with van der Waals surface area (Å²) in [6.45, 7) is 2.94. The number of hydrogen-bond donors (Lipinski definition) is 1. The Kier molecular flexibility index (Phi) is 6.66. The maximum absolute atomic E-state index is 13.2. The number of carbonyl (C=O) groups is 1. The summed E-state index contributed by atoms with van der Waals surface area (Å²) < 4.78 is 44.7. The van der Waals surface area contributed by atoms with Crippen molar-refractivity contribution in [3.8, 4) is 5.75 Å². The Morgan fingerprint density at radius 1 is 1.07 bits per heavy atom. The fourth-order valence-corrected chi connectivity index (χ4v) is 3.20. The monoisotopic (exact) mass is 419 g/mol. The van der Waals surface area contributed by atoms with Crippen molar-refractivity contribution in [1.29, 1.82) is 0 Å². The molecule has 0 bridgehead atoms. The zero-order valence-electron chi connectivity index (χ0n) is 16.9. The number of halogens is 3. The quantitative estimate of drug-likeness (QED) is 0.741. The van der Waals surface area contributed by atoms with E-state index in [4.69, 9.17) is 4.74 Å². The van der Waals surface area contributed by atoms with E-state index in [1.165, 1.54) is 12.1 Å². The second-order valence-electron chi connectivity index (χ2n) is 7.12. The summed E-state index contributed by atoms with van der Waals surface area (Å²) in [7, 11) is 3.56. The van der Waals surface area contributed by atoms with Crippen LogP contribution < -0.4 is 15.0 Å². The number of piperazine rings is 1. The van der Waals surface area contributed by atoms with Crippen molar-refractivity contribution in [2.24, 2.45) is 0 Å². The molecule has 8 heteroatoms. The van der Waals surface area contributed by atoms with Gasteiger partial charge in [0.1, 0.15) is 5.75 Å². The van der Waals surface area contributed by atoms with E-state index in [2.05, 4.69) is 10.2 Å². The van der Waals surface area contributed by atoms with Gasteiger partial charge in [0.05, 0.1) is 24.0 Å². The summed E-state index contributed by atoms with van der Waals surface area (Å²) in [6, 6.07) is 10.6. The average Bonchev–Trinajstić information content (AvgIpc) is 2.72. The highest BCUT2D eigenvalue weighted by Crippen LogP contribution is 2.35. The van der Waals surface area contributed by atoms with E-state index in [1.807, 2.05) is 11.9 Å². The first-order chi connectivity index (χ1) is 14.3. The number of nitrogens with zero attached hydrogens (tertiary/aromatic N) is 2. The molecule has 1 aliphatic heterocycles. The van der Waals surface area contributed by atoms with Crippen molar-refractivity contribution in [3.05, 3.63) is 59.7 Å². The van der Waals surface area contributed by atoms with E-state index in [1.54, 1.807) is 37.5 Å². The second-order valence-corrected chi connectivity index (χ2v) is 7.12. The topological polar surface area (TPSA) is 44.8 Å². The molecule has 0 atom stereocenters. The Morgan fingerprint density at radius 3 is 2.33 bits per heavy atom. The Hall–Kier alpha value is -3.00. The SMILES string of the molecule is COc1ccc(/C=C\C(=O)Nc2cc(C(F)(F)F)ccc2N2CCN(C)CC2)cc1. The van der Waals surface area contributed by atoms with E-state index in [-0.39, 0.29) is 5.69 Å². The van der Waals surface area contributed by atoms with Crippen LogP contribution in [0.15, 0.2) is 48.5 Å². The van der Waals surface area contributed by atoms with Crippen LogP contribution in [0.5, 0.6) is 5.75 Å². The minimum Gasteiger partial charge on any atom is -0.497 e. The molecule has 1 amide bonds. The highest BCUT2D eigenvalue weighted by molar-refractivity contribution is 6.04.